The van der Waals surface area contributed by atoms with Gasteiger partial charge in [0, 0.05) is 12.5 Å². The zero-order valence-corrected chi connectivity index (χ0v) is 9.31. The second-order valence-electron chi connectivity index (χ2n) is 3.46. The minimum absolute atomic E-state index is 0.334. The number of aromatic nitrogens is 2. The largest absolute Gasteiger partial charge is 0.478 e. The van der Waals surface area contributed by atoms with Crippen LogP contribution in [0.3, 0.4) is 0 Å². The molecule has 0 bridgehead atoms. The molecule has 0 aliphatic rings. The summed E-state index contributed by atoms with van der Waals surface area (Å²) in [6.45, 7) is 4.65. The number of nitrogens with zero attached hydrogens (tertiary/aromatic N) is 2. The number of aliphatic hydroxyl groups excluding tert-OH is 1. The molecule has 15 heavy (non-hydrogen) atoms. The maximum atomic E-state index is 9.48. The van der Waals surface area contributed by atoms with Crippen LogP contribution in [-0.4, -0.2) is 27.8 Å². The lowest BCUT2D eigenvalue weighted by atomic mass is 10.1. The van der Waals surface area contributed by atoms with E-state index in [4.69, 9.17) is 4.74 Å². The van der Waals surface area contributed by atoms with E-state index in [0.717, 1.165) is 18.5 Å². The third-order valence-electron chi connectivity index (χ3n) is 2.07. The van der Waals surface area contributed by atoms with E-state index in [9.17, 15) is 5.11 Å². The minimum atomic E-state index is -0.334. The number of hydrogen-bond donors (Lipinski definition) is 1. The maximum absolute atomic E-state index is 9.48. The molecule has 4 nitrogen and oxygen atoms in total. The Labute approximate surface area is 90.3 Å². The molecule has 0 saturated heterocycles. The lowest BCUT2D eigenvalue weighted by molar-refractivity contribution is 0.169. The normalized spacial score (nSPS) is 12.5. The molecule has 1 heterocycles. The van der Waals surface area contributed by atoms with Crippen LogP contribution in [0.4, 0.5) is 0 Å². The van der Waals surface area contributed by atoms with Crippen LogP contribution in [-0.2, 0) is 6.42 Å². The van der Waals surface area contributed by atoms with Crippen molar-refractivity contribution in [3.8, 4) is 5.88 Å². The van der Waals surface area contributed by atoms with E-state index in [1.807, 2.05) is 13.8 Å². The molecule has 0 aromatic carbocycles. The van der Waals surface area contributed by atoms with Gasteiger partial charge in [0.05, 0.1) is 18.4 Å². The van der Waals surface area contributed by atoms with Crippen molar-refractivity contribution in [2.45, 2.75) is 39.2 Å². The van der Waals surface area contributed by atoms with Crippen molar-refractivity contribution in [3.05, 3.63) is 18.1 Å². The van der Waals surface area contributed by atoms with Crippen molar-refractivity contribution in [1.82, 2.24) is 9.97 Å². The summed E-state index contributed by atoms with van der Waals surface area (Å²) in [6.07, 6.45) is 3.38. The molecule has 1 N–H and O–H groups in total. The molecular formula is C11H18N2O2. The topological polar surface area (TPSA) is 55.2 Å². The molecule has 1 atom stereocenters. The second kappa shape index (κ2) is 6.35. The van der Waals surface area contributed by atoms with Gasteiger partial charge in [0.15, 0.2) is 0 Å². The molecular weight excluding hydrogens is 192 g/mol. The van der Waals surface area contributed by atoms with E-state index in [-0.39, 0.29) is 6.10 Å². The predicted molar refractivity (Wildman–Crippen MR) is 57.8 cm³/mol. The Morgan fingerprint density at radius 2 is 2.20 bits per heavy atom. The van der Waals surface area contributed by atoms with E-state index in [1.54, 1.807) is 6.07 Å². The monoisotopic (exact) mass is 210 g/mol. The van der Waals surface area contributed by atoms with Gasteiger partial charge in [-0.15, -0.1) is 0 Å². The Morgan fingerprint density at radius 3 is 2.87 bits per heavy atom. The fourth-order valence-corrected chi connectivity index (χ4v) is 1.16. The van der Waals surface area contributed by atoms with Crippen LogP contribution in [0.5, 0.6) is 5.88 Å². The molecule has 84 valence electrons. The average Bonchev–Trinajstić information content (AvgIpc) is 2.26. The molecule has 1 aromatic rings. The van der Waals surface area contributed by atoms with Crippen LogP contribution in [0.1, 0.15) is 32.4 Å². The first-order chi connectivity index (χ1) is 7.26. The molecule has 0 amide bonds. The van der Waals surface area contributed by atoms with Gasteiger partial charge in [0.1, 0.15) is 6.33 Å². The molecule has 0 radical (unpaired) electrons. The van der Waals surface area contributed by atoms with Gasteiger partial charge in [0.2, 0.25) is 5.88 Å². The summed E-state index contributed by atoms with van der Waals surface area (Å²) in [5.41, 5.74) is 0.824. The Balaban J connectivity index is 2.57. The fraction of sp³-hybridized carbons (Fsp3) is 0.636. The molecule has 0 saturated carbocycles. The Hall–Kier alpha value is -1.16. The number of aliphatic hydroxyl groups is 1. The van der Waals surface area contributed by atoms with E-state index in [1.165, 1.54) is 6.33 Å². The van der Waals surface area contributed by atoms with Crippen molar-refractivity contribution in [2.24, 2.45) is 0 Å². The van der Waals surface area contributed by atoms with Gasteiger partial charge in [-0.3, -0.25) is 0 Å². The van der Waals surface area contributed by atoms with Gasteiger partial charge >= 0.3 is 0 Å². The van der Waals surface area contributed by atoms with E-state index in [0.29, 0.717) is 18.9 Å². The van der Waals surface area contributed by atoms with E-state index >= 15 is 0 Å². The van der Waals surface area contributed by atoms with Gasteiger partial charge in [-0.05, 0) is 12.8 Å². The minimum Gasteiger partial charge on any atom is -0.478 e. The second-order valence-corrected chi connectivity index (χ2v) is 3.46. The van der Waals surface area contributed by atoms with Gasteiger partial charge in [-0.25, -0.2) is 9.97 Å². The SMILES string of the molecule is CCCOc1cc(CC(O)CC)ncn1. The smallest absolute Gasteiger partial charge is 0.216 e. The molecule has 1 rings (SSSR count). The van der Waals surface area contributed by atoms with E-state index < -0.39 is 0 Å². The lowest BCUT2D eigenvalue weighted by Gasteiger charge is -2.08. The predicted octanol–water partition coefficient (Wildman–Crippen LogP) is 1.58. The van der Waals surface area contributed by atoms with Crippen molar-refractivity contribution in [1.29, 1.82) is 0 Å². The number of hydrogen-bond acceptors (Lipinski definition) is 4. The van der Waals surface area contributed by atoms with Crippen molar-refractivity contribution in [2.75, 3.05) is 6.61 Å². The first kappa shape index (κ1) is 11.9. The zero-order chi connectivity index (χ0) is 11.1. The molecule has 1 unspecified atom stereocenters. The van der Waals surface area contributed by atoms with Crippen LogP contribution in [0.25, 0.3) is 0 Å². The van der Waals surface area contributed by atoms with Gasteiger partial charge in [-0.1, -0.05) is 13.8 Å². The Bertz CT molecular complexity index is 292. The van der Waals surface area contributed by atoms with E-state index in [2.05, 4.69) is 9.97 Å². The van der Waals surface area contributed by atoms with Crippen LogP contribution in [0, 0.1) is 0 Å². The highest BCUT2D eigenvalue weighted by Crippen LogP contribution is 2.09. The highest BCUT2D eigenvalue weighted by molar-refractivity contribution is 5.14. The maximum Gasteiger partial charge on any atom is 0.216 e. The first-order valence-electron chi connectivity index (χ1n) is 5.38. The van der Waals surface area contributed by atoms with Crippen LogP contribution in [0.2, 0.25) is 0 Å². The van der Waals surface area contributed by atoms with Gasteiger partial charge in [-0.2, -0.15) is 0 Å². The van der Waals surface area contributed by atoms with Crippen molar-refractivity contribution >= 4 is 0 Å². The standard InChI is InChI=1S/C11H18N2O2/c1-3-5-15-11-7-9(12-8-13-11)6-10(14)4-2/h7-8,10,14H,3-6H2,1-2H3. The summed E-state index contributed by atoms with van der Waals surface area (Å²) < 4.78 is 5.38. The average molecular weight is 210 g/mol. The van der Waals surface area contributed by atoms with Crippen LogP contribution < -0.4 is 4.74 Å². The summed E-state index contributed by atoms with van der Waals surface area (Å²) >= 11 is 0. The molecule has 1 aromatic heterocycles. The highest BCUT2D eigenvalue weighted by Gasteiger charge is 2.05. The zero-order valence-electron chi connectivity index (χ0n) is 9.31. The highest BCUT2D eigenvalue weighted by atomic mass is 16.5. The summed E-state index contributed by atoms with van der Waals surface area (Å²) in [5.74, 6) is 0.588. The lowest BCUT2D eigenvalue weighted by Crippen LogP contribution is -2.10. The van der Waals surface area contributed by atoms with Crippen molar-refractivity contribution < 1.29 is 9.84 Å². The number of rotatable bonds is 6. The fourth-order valence-electron chi connectivity index (χ4n) is 1.16. The summed E-state index contributed by atoms with van der Waals surface area (Å²) in [4.78, 5) is 8.08. The molecule has 0 aliphatic heterocycles. The third-order valence-corrected chi connectivity index (χ3v) is 2.07. The molecule has 0 spiro atoms. The van der Waals surface area contributed by atoms with Gasteiger partial charge in [0.25, 0.3) is 0 Å². The number of ether oxygens (including phenoxy) is 1. The summed E-state index contributed by atoms with van der Waals surface area (Å²) in [7, 11) is 0. The summed E-state index contributed by atoms with van der Waals surface area (Å²) in [6, 6.07) is 1.79. The molecule has 0 fully saturated rings. The molecule has 4 heteroatoms. The Kier molecular flexibility index (Phi) is 5.04. The molecule has 0 aliphatic carbocycles. The van der Waals surface area contributed by atoms with Gasteiger partial charge < -0.3 is 9.84 Å². The quantitative estimate of drug-likeness (QED) is 0.774. The Morgan fingerprint density at radius 1 is 1.40 bits per heavy atom. The van der Waals surface area contributed by atoms with Crippen molar-refractivity contribution in [3.63, 3.8) is 0 Å². The van der Waals surface area contributed by atoms with Crippen LogP contribution >= 0.6 is 0 Å². The third kappa shape index (κ3) is 4.25. The first-order valence-corrected chi connectivity index (χ1v) is 5.38. The summed E-state index contributed by atoms with van der Waals surface area (Å²) in [5, 5.41) is 9.48. The van der Waals surface area contributed by atoms with Crippen LogP contribution in [0.15, 0.2) is 12.4 Å².